The zero-order chi connectivity index (χ0) is 21.2. The molecule has 2 aromatic carbocycles. The Morgan fingerprint density at radius 1 is 1.00 bits per heavy atom. The van der Waals surface area contributed by atoms with Gasteiger partial charge in [-0.3, -0.25) is 15.6 Å². The number of hydrazine groups is 1. The topological polar surface area (TPSA) is 78.5 Å². The number of nitrogens with one attached hydrogen (secondary N) is 2. The van der Waals surface area contributed by atoms with Crippen molar-refractivity contribution in [1.82, 2.24) is 9.73 Å². The number of carbonyl (C=O) groups excluding carboxylic acids is 1. The van der Waals surface area contributed by atoms with Crippen LogP contribution in [-0.2, 0) is 10.0 Å². The number of anilines is 1. The molecule has 1 saturated heterocycles. The first-order valence-corrected chi connectivity index (χ1v) is 10.5. The van der Waals surface area contributed by atoms with Crippen molar-refractivity contribution in [1.29, 1.82) is 0 Å². The van der Waals surface area contributed by atoms with Crippen molar-refractivity contribution in [2.24, 2.45) is 0 Å². The fourth-order valence-corrected chi connectivity index (χ4v) is 4.85. The van der Waals surface area contributed by atoms with E-state index in [9.17, 15) is 26.4 Å². The van der Waals surface area contributed by atoms with E-state index in [0.29, 0.717) is 24.7 Å². The third-order valence-electron chi connectivity index (χ3n) is 4.73. The second-order valence-electron chi connectivity index (χ2n) is 6.75. The first-order chi connectivity index (χ1) is 13.7. The number of nitrogens with zero attached hydrogens (tertiary/aromatic N) is 1. The van der Waals surface area contributed by atoms with Crippen LogP contribution in [0.4, 0.5) is 18.9 Å². The average molecular weight is 427 g/mol. The standard InChI is InChI=1S/C19H20F3N3O3S/c1-12-5-6-13(11-16(12)29(27,28)25-9-3-2-4-10-25)19(26)24-23-15-8-7-14(20)17(21)18(15)22/h5-8,11,23H,2-4,9-10H2,1H3,(H,24,26). The van der Waals surface area contributed by atoms with E-state index in [-0.39, 0.29) is 10.5 Å². The number of aryl methyl sites for hydroxylation is 1. The van der Waals surface area contributed by atoms with E-state index in [1.165, 1.54) is 22.5 Å². The summed E-state index contributed by atoms with van der Waals surface area (Å²) in [5.74, 6) is -5.27. The van der Waals surface area contributed by atoms with Crippen LogP contribution in [0, 0.1) is 24.4 Å². The summed E-state index contributed by atoms with van der Waals surface area (Å²) in [6.07, 6.45) is 2.53. The van der Waals surface area contributed by atoms with Gasteiger partial charge in [0.1, 0.15) is 0 Å². The zero-order valence-corrected chi connectivity index (χ0v) is 16.5. The Morgan fingerprint density at radius 3 is 2.38 bits per heavy atom. The minimum Gasteiger partial charge on any atom is -0.295 e. The van der Waals surface area contributed by atoms with Gasteiger partial charge in [-0.2, -0.15) is 4.31 Å². The molecule has 1 fully saturated rings. The minimum atomic E-state index is -3.75. The van der Waals surface area contributed by atoms with Crippen LogP contribution in [0.1, 0.15) is 35.2 Å². The van der Waals surface area contributed by atoms with Gasteiger partial charge in [0.2, 0.25) is 10.0 Å². The van der Waals surface area contributed by atoms with Gasteiger partial charge in [-0.15, -0.1) is 0 Å². The molecule has 0 spiro atoms. The Bertz CT molecular complexity index is 1040. The van der Waals surface area contributed by atoms with Gasteiger partial charge in [0.25, 0.3) is 5.91 Å². The molecule has 0 atom stereocenters. The Morgan fingerprint density at radius 2 is 1.69 bits per heavy atom. The number of sulfonamides is 1. The van der Waals surface area contributed by atoms with Crippen molar-refractivity contribution in [2.45, 2.75) is 31.1 Å². The van der Waals surface area contributed by atoms with E-state index in [0.717, 1.165) is 25.3 Å². The highest BCUT2D eigenvalue weighted by molar-refractivity contribution is 7.89. The van der Waals surface area contributed by atoms with Crippen LogP contribution in [0.15, 0.2) is 35.2 Å². The molecule has 0 saturated carbocycles. The summed E-state index contributed by atoms with van der Waals surface area (Å²) in [6, 6.07) is 5.81. The number of carbonyl (C=O) groups is 1. The molecular formula is C19H20F3N3O3S. The smallest absolute Gasteiger partial charge is 0.269 e. The summed E-state index contributed by atoms with van der Waals surface area (Å²) in [7, 11) is -3.75. The molecule has 0 radical (unpaired) electrons. The van der Waals surface area contributed by atoms with Crippen molar-refractivity contribution in [3.8, 4) is 0 Å². The van der Waals surface area contributed by atoms with Crippen LogP contribution in [0.2, 0.25) is 0 Å². The zero-order valence-electron chi connectivity index (χ0n) is 15.6. The summed E-state index contributed by atoms with van der Waals surface area (Å²) in [6.45, 7) is 2.48. The molecule has 2 N–H and O–H groups in total. The third kappa shape index (κ3) is 4.38. The predicted octanol–water partition coefficient (Wildman–Crippen LogP) is 3.34. The molecule has 1 heterocycles. The van der Waals surface area contributed by atoms with E-state index < -0.39 is 39.1 Å². The molecular weight excluding hydrogens is 407 g/mol. The molecule has 0 aromatic heterocycles. The van der Waals surface area contributed by atoms with Gasteiger partial charge in [-0.1, -0.05) is 12.5 Å². The van der Waals surface area contributed by atoms with Crippen molar-refractivity contribution in [3.63, 3.8) is 0 Å². The number of piperidine rings is 1. The fourth-order valence-electron chi connectivity index (χ4n) is 3.08. The summed E-state index contributed by atoms with van der Waals surface area (Å²) in [4.78, 5) is 12.4. The van der Waals surface area contributed by atoms with E-state index >= 15 is 0 Å². The molecule has 0 aliphatic carbocycles. The van der Waals surface area contributed by atoms with Crippen LogP contribution in [0.3, 0.4) is 0 Å². The summed E-state index contributed by atoms with van der Waals surface area (Å²) >= 11 is 0. The van der Waals surface area contributed by atoms with E-state index in [4.69, 9.17) is 0 Å². The molecule has 3 rings (SSSR count). The number of amides is 1. The second-order valence-corrected chi connectivity index (χ2v) is 8.65. The summed E-state index contributed by atoms with van der Waals surface area (Å²) in [5, 5.41) is 0. The summed E-state index contributed by atoms with van der Waals surface area (Å²) < 4.78 is 67.2. The molecule has 2 aromatic rings. The fraction of sp³-hybridized carbons (Fsp3) is 0.316. The monoisotopic (exact) mass is 427 g/mol. The summed E-state index contributed by atoms with van der Waals surface area (Å²) in [5.41, 5.74) is 4.37. The largest absolute Gasteiger partial charge is 0.295 e. The highest BCUT2D eigenvalue weighted by Gasteiger charge is 2.28. The molecule has 0 unspecified atom stereocenters. The first kappa shape index (κ1) is 21.1. The minimum absolute atomic E-state index is 0.0154. The van der Waals surface area contributed by atoms with Crippen molar-refractivity contribution >= 4 is 21.6 Å². The number of rotatable bonds is 5. The van der Waals surface area contributed by atoms with Crippen LogP contribution < -0.4 is 10.9 Å². The Hall–Kier alpha value is -2.59. The van der Waals surface area contributed by atoms with Gasteiger partial charge < -0.3 is 0 Å². The van der Waals surface area contributed by atoms with Gasteiger partial charge in [0.05, 0.1) is 10.6 Å². The van der Waals surface area contributed by atoms with Crippen molar-refractivity contribution in [3.05, 3.63) is 58.9 Å². The van der Waals surface area contributed by atoms with Gasteiger partial charge in [0, 0.05) is 18.7 Å². The van der Waals surface area contributed by atoms with Crippen LogP contribution in [0.25, 0.3) is 0 Å². The number of benzene rings is 2. The Balaban J connectivity index is 1.80. The van der Waals surface area contributed by atoms with Crippen LogP contribution in [0.5, 0.6) is 0 Å². The second kappa shape index (κ2) is 8.42. The van der Waals surface area contributed by atoms with E-state index in [1.807, 2.05) is 0 Å². The maximum atomic E-state index is 13.7. The normalized spacial score (nSPS) is 15.2. The maximum Gasteiger partial charge on any atom is 0.269 e. The highest BCUT2D eigenvalue weighted by Crippen LogP contribution is 2.24. The first-order valence-electron chi connectivity index (χ1n) is 9.02. The lowest BCUT2D eigenvalue weighted by atomic mass is 10.1. The number of hydrogen-bond donors (Lipinski definition) is 2. The van der Waals surface area contributed by atoms with Gasteiger partial charge in [-0.05, 0) is 49.6 Å². The lowest BCUT2D eigenvalue weighted by Gasteiger charge is -2.26. The molecule has 6 nitrogen and oxygen atoms in total. The lowest BCUT2D eigenvalue weighted by Crippen LogP contribution is -2.36. The quantitative estimate of drug-likeness (QED) is 0.567. The van der Waals surface area contributed by atoms with E-state index in [1.54, 1.807) is 6.92 Å². The highest BCUT2D eigenvalue weighted by atomic mass is 32.2. The molecule has 1 aliphatic heterocycles. The molecule has 29 heavy (non-hydrogen) atoms. The van der Waals surface area contributed by atoms with Gasteiger partial charge in [0.15, 0.2) is 17.5 Å². The van der Waals surface area contributed by atoms with Gasteiger partial charge in [-0.25, -0.2) is 21.6 Å². The maximum absolute atomic E-state index is 13.7. The SMILES string of the molecule is Cc1ccc(C(=O)NNc2ccc(F)c(F)c2F)cc1S(=O)(=O)N1CCCCC1. The molecule has 1 aliphatic rings. The van der Waals surface area contributed by atoms with Gasteiger partial charge >= 0.3 is 0 Å². The molecule has 10 heteroatoms. The molecule has 1 amide bonds. The molecule has 0 bridgehead atoms. The number of halogens is 3. The Labute approximate surface area is 166 Å². The lowest BCUT2D eigenvalue weighted by molar-refractivity contribution is 0.0962. The van der Waals surface area contributed by atoms with Crippen molar-refractivity contribution in [2.75, 3.05) is 18.5 Å². The van der Waals surface area contributed by atoms with Crippen LogP contribution in [-0.4, -0.2) is 31.7 Å². The average Bonchev–Trinajstić information content (AvgIpc) is 2.72. The van der Waals surface area contributed by atoms with E-state index in [2.05, 4.69) is 10.9 Å². The van der Waals surface area contributed by atoms with Crippen LogP contribution >= 0.6 is 0 Å². The number of hydrogen-bond acceptors (Lipinski definition) is 4. The Kier molecular flexibility index (Phi) is 6.13. The third-order valence-corrected chi connectivity index (χ3v) is 6.77. The molecule has 156 valence electrons. The van der Waals surface area contributed by atoms with Crippen molar-refractivity contribution < 1.29 is 26.4 Å². The predicted molar refractivity (Wildman–Crippen MR) is 101 cm³/mol.